The monoisotopic (exact) mass is 383 g/mol. The second-order valence-corrected chi connectivity index (χ2v) is 7.76. The van der Waals surface area contributed by atoms with Crippen molar-refractivity contribution in [2.75, 3.05) is 26.2 Å². The lowest BCUT2D eigenvalue weighted by Crippen LogP contribution is -2.40. The van der Waals surface area contributed by atoms with Gasteiger partial charge in [0, 0.05) is 32.9 Å². The van der Waals surface area contributed by atoms with Gasteiger partial charge in [-0.3, -0.25) is 4.68 Å². The number of aromatic nitrogens is 2. The van der Waals surface area contributed by atoms with Crippen molar-refractivity contribution >= 4 is 5.96 Å². The maximum absolute atomic E-state index is 6.00. The van der Waals surface area contributed by atoms with Crippen molar-refractivity contribution in [3.8, 4) is 5.75 Å². The summed E-state index contributed by atoms with van der Waals surface area (Å²) < 4.78 is 7.88. The molecule has 0 bridgehead atoms. The number of ether oxygens (including phenoxy) is 1. The van der Waals surface area contributed by atoms with Crippen LogP contribution < -0.4 is 10.1 Å². The molecule has 1 N–H and O–H groups in total. The van der Waals surface area contributed by atoms with Crippen molar-refractivity contribution in [1.82, 2.24) is 20.0 Å². The Bertz CT molecular complexity index is 767. The minimum absolute atomic E-state index is 0.0326. The van der Waals surface area contributed by atoms with Gasteiger partial charge in [-0.25, -0.2) is 4.99 Å². The third-order valence-electron chi connectivity index (χ3n) is 5.06. The minimum atomic E-state index is 0.0326. The van der Waals surface area contributed by atoms with Gasteiger partial charge in [0.15, 0.2) is 5.96 Å². The van der Waals surface area contributed by atoms with Gasteiger partial charge in [0.25, 0.3) is 0 Å². The Morgan fingerprint density at radius 2 is 2.14 bits per heavy atom. The normalized spacial score (nSPS) is 18.4. The fraction of sp³-hybridized carbons (Fsp3) is 0.545. The van der Waals surface area contributed by atoms with E-state index in [4.69, 9.17) is 9.73 Å². The molecule has 2 heterocycles. The number of nitrogens with one attached hydrogen (secondary N) is 1. The highest BCUT2D eigenvalue weighted by atomic mass is 16.5. The van der Waals surface area contributed by atoms with Gasteiger partial charge in [0.1, 0.15) is 11.9 Å². The molecule has 28 heavy (non-hydrogen) atoms. The summed E-state index contributed by atoms with van der Waals surface area (Å²) in [6.07, 6.45) is 6.40. The number of hydrogen-bond donors (Lipinski definition) is 1. The van der Waals surface area contributed by atoms with Gasteiger partial charge in [0.05, 0.1) is 12.7 Å². The highest BCUT2D eigenvalue weighted by Crippen LogP contribution is 2.21. The molecule has 0 saturated carbocycles. The smallest absolute Gasteiger partial charge is 0.194 e. The molecule has 1 aromatic carbocycles. The maximum atomic E-state index is 6.00. The predicted octanol–water partition coefficient (Wildman–Crippen LogP) is 3.03. The molecule has 6 heteroatoms. The van der Waals surface area contributed by atoms with E-state index < -0.39 is 0 Å². The van der Waals surface area contributed by atoms with E-state index in [1.165, 1.54) is 17.5 Å². The van der Waals surface area contributed by atoms with E-state index in [1.54, 1.807) is 0 Å². The average molecular weight is 384 g/mol. The van der Waals surface area contributed by atoms with Crippen molar-refractivity contribution in [3.63, 3.8) is 0 Å². The largest absolute Gasteiger partial charge is 0.489 e. The van der Waals surface area contributed by atoms with E-state index >= 15 is 0 Å². The Morgan fingerprint density at radius 1 is 1.36 bits per heavy atom. The van der Waals surface area contributed by atoms with Gasteiger partial charge in [-0.15, -0.1) is 0 Å². The summed E-state index contributed by atoms with van der Waals surface area (Å²) in [6, 6.07) is 8.18. The third kappa shape index (κ3) is 5.75. The van der Waals surface area contributed by atoms with Crippen LogP contribution in [-0.4, -0.2) is 52.9 Å². The highest BCUT2D eigenvalue weighted by molar-refractivity contribution is 5.80. The molecule has 0 amide bonds. The van der Waals surface area contributed by atoms with Crippen molar-refractivity contribution in [2.24, 2.45) is 18.0 Å². The third-order valence-corrected chi connectivity index (χ3v) is 5.06. The van der Waals surface area contributed by atoms with Crippen molar-refractivity contribution < 1.29 is 4.74 Å². The molecule has 1 fully saturated rings. The Hall–Kier alpha value is -2.50. The number of likely N-dealkylation sites (tertiary alicyclic amines) is 1. The molecule has 1 aliphatic rings. The number of aryl methyl sites for hydroxylation is 2. The number of benzene rings is 1. The lowest BCUT2D eigenvalue weighted by Gasteiger charge is -2.22. The van der Waals surface area contributed by atoms with Crippen LogP contribution in [0.15, 0.2) is 41.7 Å². The minimum Gasteiger partial charge on any atom is -0.489 e. The zero-order valence-electron chi connectivity index (χ0n) is 17.6. The summed E-state index contributed by atoms with van der Waals surface area (Å²) in [5.74, 6) is 2.54. The molecule has 2 unspecified atom stereocenters. The van der Waals surface area contributed by atoms with E-state index in [-0.39, 0.29) is 6.10 Å². The van der Waals surface area contributed by atoms with Crippen LogP contribution in [0.25, 0.3) is 0 Å². The second-order valence-electron chi connectivity index (χ2n) is 7.76. The van der Waals surface area contributed by atoms with Crippen molar-refractivity contribution in [1.29, 1.82) is 0 Å². The van der Waals surface area contributed by atoms with Gasteiger partial charge >= 0.3 is 0 Å². The fourth-order valence-electron chi connectivity index (χ4n) is 3.63. The SMILES string of the molecule is CCNC(=NCC(C)Oc1ccc(C)cc1)N1CCC(Cc2cnn(C)c2)C1. The van der Waals surface area contributed by atoms with E-state index in [9.17, 15) is 0 Å². The van der Waals surface area contributed by atoms with Crippen LogP contribution in [0.2, 0.25) is 0 Å². The van der Waals surface area contributed by atoms with Crippen LogP contribution >= 0.6 is 0 Å². The molecule has 0 spiro atoms. The van der Waals surface area contributed by atoms with Gasteiger partial charge in [-0.2, -0.15) is 5.10 Å². The molecule has 1 aliphatic heterocycles. The van der Waals surface area contributed by atoms with Gasteiger partial charge in [0.2, 0.25) is 0 Å². The fourth-order valence-corrected chi connectivity index (χ4v) is 3.63. The van der Waals surface area contributed by atoms with E-state index in [1.807, 2.05) is 30.1 Å². The lowest BCUT2D eigenvalue weighted by atomic mass is 10.0. The van der Waals surface area contributed by atoms with Crippen LogP contribution in [0, 0.1) is 12.8 Å². The standard InChI is InChI=1S/C22H33N5O/c1-5-23-22(24-13-18(3)28-21-8-6-17(2)7-9-21)27-11-10-19(16-27)12-20-14-25-26(4)15-20/h6-9,14-15,18-19H,5,10-13,16H2,1-4H3,(H,23,24). The van der Waals surface area contributed by atoms with E-state index in [0.29, 0.717) is 12.5 Å². The second kappa shape index (κ2) is 9.62. The van der Waals surface area contributed by atoms with Crippen LogP contribution in [-0.2, 0) is 13.5 Å². The predicted molar refractivity (Wildman–Crippen MR) is 114 cm³/mol. The Labute approximate surface area is 168 Å². The Morgan fingerprint density at radius 3 is 2.82 bits per heavy atom. The first-order chi connectivity index (χ1) is 13.5. The molecule has 2 aromatic rings. The summed E-state index contributed by atoms with van der Waals surface area (Å²) in [5, 5.41) is 7.73. The van der Waals surface area contributed by atoms with E-state index in [0.717, 1.165) is 37.8 Å². The quantitative estimate of drug-likeness (QED) is 0.590. The average Bonchev–Trinajstić information content (AvgIpc) is 3.30. The van der Waals surface area contributed by atoms with E-state index in [2.05, 4.69) is 54.4 Å². The molecule has 1 saturated heterocycles. The van der Waals surface area contributed by atoms with Gasteiger partial charge < -0.3 is 15.0 Å². The first-order valence-electron chi connectivity index (χ1n) is 10.3. The van der Waals surface area contributed by atoms with Crippen LogP contribution in [0.4, 0.5) is 0 Å². The summed E-state index contributed by atoms with van der Waals surface area (Å²) in [4.78, 5) is 7.22. The van der Waals surface area contributed by atoms with Gasteiger partial charge in [-0.1, -0.05) is 17.7 Å². The molecule has 1 aromatic heterocycles. The molecular formula is C22H33N5O. The molecule has 0 radical (unpaired) electrons. The van der Waals surface area contributed by atoms with Crippen molar-refractivity contribution in [3.05, 3.63) is 47.8 Å². The highest BCUT2D eigenvalue weighted by Gasteiger charge is 2.25. The Balaban J connectivity index is 1.53. The maximum Gasteiger partial charge on any atom is 0.194 e. The number of nitrogens with zero attached hydrogens (tertiary/aromatic N) is 4. The summed E-state index contributed by atoms with van der Waals surface area (Å²) >= 11 is 0. The topological polar surface area (TPSA) is 54.7 Å². The summed E-state index contributed by atoms with van der Waals surface area (Å²) in [5.41, 5.74) is 2.55. The molecule has 2 atom stereocenters. The molecule has 0 aliphatic carbocycles. The van der Waals surface area contributed by atoms with Crippen molar-refractivity contribution in [2.45, 2.75) is 39.7 Å². The molecule has 3 rings (SSSR count). The van der Waals surface area contributed by atoms with Crippen LogP contribution in [0.5, 0.6) is 5.75 Å². The molecule has 6 nitrogen and oxygen atoms in total. The van der Waals surface area contributed by atoms with Gasteiger partial charge in [-0.05, 0) is 57.2 Å². The summed E-state index contributed by atoms with van der Waals surface area (Å²) in [7, 11) is 1.97. The number of aliphatic imine (C=N–C) groups is 1. The molecule has 152 valence electrons. The molecular weight excluding hydrogens is 350 g/mol. The zero-order valence-corrected chi connectivity index (χ0v) is 17.6. The van der Waals surface area contributed by atoms with Crippen LogP contribution in [0.1, 0.15) is 31.4 Å². The zero-order chi connectivity index (χ0) is 19.9. The number of guanidine groups is 1. The number of hydrogen-bond acceptors (Lipinski definition) is 3. The Kier molecular flexibility index (Phi) is 6.95. The summed E-state index contributed by atoms with van der Waals surface area (Å²) in [6.45, 7) is 9.86. The first-order valence-corrected chi connectivity index (χ1v) is 10.3. The number of rotatable bonds is 7. The lowest BCUT2D eigenvalue weighted by molar-refractivity contribution is 0.229. The van der Waals surface area contributed by atoms with Crippen LogP contribution in [0.3, 0.4) is 0 Å². The first kappa shape index (κ1) is 20.2.